The lowest BCUT2D eigenvalue weighted by Crippen LogP contribution is -2.09. The summed E-state index contributed by atoms with van der Waals surface area (Å²) < 4.78 is 25.0. The van der Waals surface area contributed by atoms with E-state index in [9.17, 15) is 23.7 Å². The van der Waals surface area contributed by atoms with Gasteiger partial charge in [-0.3, -0.25) is 4.79 Å². The topological polar surface area (TPSA) is 117 Å². The van der Waals surface area contributed by atoms with Crippen molar-refractivity contribution in [2.24, 2.45) is 0 Å². The number of nitriles is 1. The minimum Gasteiger partial charge on any atom is -0.481 e. The van der Waals surface area contributed by atoms with Gasteiger partial charge >= 0.3 is 18.2 Å². The Kier molecular flexibility index (Phi) is 3.83. The summed E-state index contributed by atoms with van der Waals surface area (Å²) in [5.41, 5.74) is -2.00. The molecule has 1 aromatic rings. The molecule has 0 saturated heterocycles. The van der Waals surface area contributed by atoms with Crippen LogP contribution in [0.25, 0.3) is 0 Å². The van der Waals surface area contributed by atoms with E-state index in [1.54, 1.807) is 0 Å². The number of pyridine rings is 1. The fraction of sp³-hybridized carbons (Fsp3) is 0.222. The lowest BCUT2D eigenvalue weighted by molar-refractivity contribution is -0.390. The van der Waals surface area contributed by atoms with Crippen LogP contribution >= 0.6 is 0 Å². The van der Waals surface area contributed by atoms with Crippen molar-refractivity contribution in [2.75, 3.05) is 0 Å². The number of hydrogen-bond donors (Lipinski definition) is 1. The van der Waals surface area contributed by atoms with Crippen LogP contribution in [0.3, 0.4) is 0 Å². The van der Waals surface area contributed by atoms with Gasteiger partial charge in [0.05, 0.1) is 12.0 Å². The van der Waals surface area contributed by atoms with Gasteiger partial charge in [0.15, 0.2) is 0 Å². The van der Waals surface area contributed by atoms with Gasteiger partial charge in [-0.25, -0.2) is 8.78 Å². The van der Waals surface area contributed by atoms with Gasteiger partial charge in [0, 0.05) is 0 Å². The Morgan fingerprint density at radius 2 is 2.28 bits per heavy atom. The van der Waals surface area contributed by atoms with E-state index in [0.717, 1.165) is 6.07 Å². The van der Waals surface area contributed by atoms with Crippen LogP contribution in [0.4, 0.5) is 14.6 Å². The first-order chi connectivity index (χ1) is 8.36. The second-order valence-electron chi connectivity index (χ2n) is 3.14. The van der Waals surface area contributed by atoms with E-state index in [4.69, 9.17) is 10.4 Å². The molecule has 7 nitrogen and oxygen atoms in total. The number of nitro groups is 1. The monoisotopic (exact) mass is 257 g/mol. The maximum atomic E-state index is 12.5. The van der Waals surface area contributed by atoms with Crippen LogP contribution < -0.4 is 0 Å². The fourth-order valence-corrected chi connectivity index (χ4v) is 1.27. The first-order valence-electron chi connectivity index (χ1n) is 4.45. The molecule has 1 aromatic heterocycles. The summed E-state index contributed by atoms with van der Waals surface area (Å²) in [6, 6.07) is 2.15. The van der Waals surface area contributed by atoms with E-state index in [1.807, 2.05) is 0 Å². The zero-order valence-electron chi connectivity index (χ0n) is 8.63. The molecule has 0 spiro atoms. The van der Waals surface area contributed by atoms with Crippen molar-refractivity contribution < 1.29 is 23.6 Å². The summed E-state index contributed by atoms with van der Waals surface area (Å²) in [6.07, 6.45) is -3.93. The summed E-state index contributed by atoms with van der Waals surface area (Å²) in [7, 11) is 0. The minimum atomic E-state index is -3.16. The SMILES string of the molecule is N#Cc1cc(CC(=O)O)c([N+](=O)[O-])nc1C(F)F. The number of nitrogens with zero attached hydrogens (tertiary/aromatic N) is 3. The fourth-order valence-electron chi connectivity index (χ4n) is 1.27. The number of carbonyl (C=O) groups is 1. The summed E-state index contributed by atoms with van der Waals surface area (Å²) >= 11 is 0. The van der Waals surface area contributed by atoms with Crippen molar-refractivity contribution in [3.63, 3.8) is 0 Å². The van der Waals surface area contributed by atoms with Crippen LogP contribution in [0.15, 0.2) is 6.07 Å². The Hall–Kier alpha value is -2.63. The average molecular weight is 257 g/mol. The van der Waals surface area contributed by atoms with Crippen LogP contribution in [0.5, 0.6) is 0 Å². The highest BCUT2D eigenvalue weighted by Gasteiger charge is 2.28. The molecule has 0 amide bonds. The number of alkyl halides is 2. The Morgan fingerprint density at radius 3 is 2.67 bits per heavy atom. The Balaban J connectivity index is 3.47. The zero-order chi connectivity index (χ0) is 13.9. The van der Waals surface area contributed by atoms with Crippen LogP contribution in [0.1, 0.15) is 23.2 Å². The van der Waals surface area contributed by atoms with Crippen LogP contribution in [-0.4, -0.2) is 21.0 Å². The van der Waals surface area contributed by atoms with Gasteiger partial charge in [-0.15, -0.1) is 0 Å². The molecule has 1 heterocycles. The van der Waals surface area contributed by atoms with Gasteiger partial charge in [-0.1, -0.05) is 0 Å². The van der Waals surface area contributed by atoms with Crippen molar-refractivity contribution in [2.45, 2.75) is 12.8 Å². The molecule has 0 aromatic carbocycles. The van der Waals surface area contributed by atoms with Gasteiger partial charge in [0.25, 0.3) is 0 Å². The molecule has 0 aliphatic rings. The summed E-state index contributed by atoms with van der Waals surface area (Å²) in [5.74, 6) is -2.37. The minimum absolute atomic E-state index is 0.395. The molecule has 1 N–H and O–H groups in total. The standard InChI is InChI=1S/C9H5F2N3O4/c10-8(11)7-5(3-12)1-4(2-6(15)16)9(13-7)14(17)18/h1,8H,2H2,(H,15,16). The molecule has 18 heavy (non-hydrogen) atoms. The maximum absolute atomic E-state index is 12.5. The van der Waals surface area contributed by atoms with Crippen LogP contribution in [-0.2, 0) is 11.2 Å². The second-order valence-corrected chi connectivity index (χ2v) is 3.14. The highest BCUT2D eigenvalue weighted by Crippen LogP contribution is 2.26. The molecular formula is C9H5F2N3O4. The van der Waals surface area contributed by atoms with Gasteiger partial charge in [-0.2, -0.15) is 5.26 Å². The highest BCUT2D eigenvalue weighted by molar-refractivity contribution is 5.72. The molecule has 0 atom stereocenters. The second kappa shape index (κ2) is 5.13. The first-order valence-corrected chi connectivity index (χ1v) is 4.45. The lowest BCUT2D eigenvalue weighted by Gasteiger charge is -2.03. The molecule has 0 radical (unpaired) electrons. The molecule has 0 bridgehead atoms. The van der Waals surface area contributed by atoms with E-state index in [0.29, 0.717) is 0 Å². The number of aliphatic carboxylic acids is 1. The zero-order valence-corrected chi connectivity index (χ0v) is 8.63. The predicted octanol–water partition coefficient (Wildman–Crippen LogP) is 1.43. The molecule has 1 rings (SSSR count). The van der Waals surface area contributed by atoms with Crippen LogP contribution in [0, 0.1) is 21.4 Å². The quantitative estimate of drug-likeness (QED) is 0.643. The van der Waals surface area contributed by atoms with Gasteiger partial charge in [0.1, 0.15) is 11.6 Å². The first kappa shape index (κ1) is 13.4. The third-order valence-electron chi connectivity index (χ3n) is 1.95. The largest absolute Gasteiger partial charge is 0.481 e. The number of halogens is 2. The number of rotatable bonds is 4. The lowest BCUT2D eigenvalue weighted by atomic mass is 10.1. The number of carboxylic acids is 1. The maximum Gasteiger partial charge on any atom is 0.367 e. The van der Waals surface area contributed by atoms with Crippen molar-refractivity contribution in [1.82, 2.24) is 4.98 Å². The summed E-state index contributed by atoms with van der Waals surface area (Å²) in [5, 5.41) is 27.7. The van der Waals surface area contributed by atoms with Gasteiger partial charge in [0.2, 0.25) is 5.69 Å². The van der Waals surface area contributed by atoms with Crippen molar-refractivity contribution >= 4 is 11.8 Å². The van der Waals surface area contributed by atoms with Crippen LogP contribution in [0.2, 0.25) is 0 Å². The third kappa shape index (κ3) is 2.73. The Bertz CT molecular complexity index is 553. The predicted molar refractivity (Wildman–Crippen MR) is 51.9 cm³/mol. The van der Waals surface area contributed by atoms with E-state index < -0.39 is 46.4 Å². The van der Waals surface area contributed by atoms with E-state index >= 15 is 0 Å². The Morgan fingerprint density at radius 1 is 1.67 bits per heavy atom. The summed E-state index contributed by atoms with van der Waals surface area (Å²) in [4.78, 5) is 23.1. The number of aromatic nitrogens is 1. The van der Waals surface area contributed by atoms with Gasteiger partial charge < -0.3 is 15.2 Å². The molecule has 94 valence electrons. The van der Waals surface area contributed by atoms with E-state index in [2.05, 4.69) is 4.98 Å². The molecular weight excluding hydrogens is 252 g/mol. The normalized spacial score (nSPS) is 10.1. The smallest absolute Gasteiger partial charge is 0.367 e. The van der Waals surface area contributed by atoms with Gasteiger partial charge in [-0.05, 0) is 16.0 Å². The number of hydrogen-bond acceptors (Lipinski definition) is 5. The third-order valence-corrected chi connectivity index (χ3v) is 1.95. The molecule has 0 aliphatic carbocycles. The Labute approximate surface area is 98.4 Å². The summed E-state index contributed by atoms with van der Waals surface area (Å²) in [6.45, 7) is 0. The molecule has 0 fully saturated rings. The van der Waals surface area contributed by atoms with Crippen molar-refractivity contribution in [3.05, 3.63) is 33.0 Å². The molecule has 0 aliphatic heterocycles. The molecule has 0 unspecified atom stereocenters. The van der Waals surface area contributed by atoms with Crippen molar-refractivity contribution in [1.29, 1.82) is 5.26 Å². The molecule has 9 heteroatoms. The van der Waals surface area contributed by atoms with E-state index in [-0.39, 0.29) is 0 Å². The number of carboxylic acid groups (broad SMARTS) is 1. The average Bonchev–Trinajstić information content (AvgIpc) is 2.26. The van der Waals surface area contributed by atoms with Crippen molar-refractivity contribution in [3.8, 4) is 6.07 Å². The van der Waals surface area contributed by atoms with E-state index in [1.165, 1.54) is 6.07 Å². The highest BCUT2D eigenvalue weighted by atomic mass is 19.3. The molecule has 0 saturated carbocycles.